The molecular weight excluding hydrogens is 484 g/mol. The summed E-state index contributed by atoms with van der Waals surface area (Å²) in [7, 11) is 0. The molecule has 6 heteroatoms. The average molecular weight is 529 g/mol. The van der Waals surface area contributed by atoms with Crippen molar-refractivity contribution in [2.45, 2.75) is 90.9 Å². The van der Waals surface area contributed by atoms with Crippen molar-refractivity contribution < 1.29 is 9.59 Å². The van der Waals surface area contributed by atoms with Gasteiger partial charge in [-0.2, -0.15) is 0 Å². The highest BCUT2D eigenvalue weighted by Gasteiger charge is 2.17. The summed E-state index contributed by atoms with van der Waals surface area (Å²) >= 11 is 8.34. The first-order valence-electron chi connectivity index (χ1n) is 13.7. The fraction of sp³-hybridized carbons (Fsp3) is 0.533. The third kappa shape index (κ3) is 10.2. The van der Waals surface area contributed by atoms with Crippen molar-refractivity contribution >= 4 is 47.1 Å². The predicted molar refractivity (Wildman–Crippen MR) is 161 cm³/mol. The molecule has 0 atom stereocenters. The summed E-state index contributed by atoms with van der Waals surface area (Å²) in [5, 5.41) is -0.408. The van der Waals surface area contributed by atoms with Crippen LogP contribution in [0, 0.1) is 0 Å². The Morgan fingerprint density at radius 1 is 0.583 bits per heavy atom. The van der Waals surface area contributed by atoms with Crippen LogP contribution in [0.3, 0.4) is 0 Å². The molecule has 0 aliphatic carbocycles. The van der Waals surface area contributed by atoms with E-state index in [1.54, 1.807) is 9.80 Å². The second-order valence-corrected chi connectivity index (χ2v) is 10.2. The number of unbranched alkanes of at least 4 members (excludes halogenated alkanes) is 7. The summed E-state index contributed by atoms with van der Waals surface area (Å²) in [5.41, 5.74) is 4.41. The monoisotopic (exact) mass is 528 g/mol. The van der Waals surface area contributed by atoms with Gasteiger partial charge in [0.05, 0.1) is 0 Å². The van der Waals surface area contributed by atoms with Crippen LogP contribution in [0.15, 0.2) is 48.5 Å². The number of hydrogen-bond acceptors (Lipinski definition) is 2. The van der Waals surface area contributed by atoms with Gasteiger partial charge in [-0.25, -0.2) is 0 Å². The molecule has 198 valence electrons. The SMILES string of the molecule is CCCCCc1ccccc1N(CCCCCCN(C(=O)S)c1ccccc1CCCCC)C(=O)S. The van der Waals surface area contributed by atoms with Crippen molar-refractivity contribution in [3.05, 3.63) is 59.7 Å². The van der Waals surface area contributed by atoms with E-state index >= 15 is 0 Å². The molecule has 2 aromatic carbocycles. The van der Waals surface area contributed by atoms with Crippen LogP contribution in [-0.2, 0) is 12.8 Å². The van der Waals surface area contributed by atoms with Gasteiger partial charge >= 0.3 is 0 Å². The number of thiol groups is 2. The largest absolute Gasteiger partial charge is 0.303 e. The molecule has 0 aromatic heterocycles. The molecule has 2 aromatic rings. The summed E-state index contributed by atoms with van der Waals surface area (Å²) < 4.78 is 0. The summed E-state index contributed by atoms with van der Waals surface area (Å²) in [5.74, 6) is 0. The lowest BCUT2D eigenvalue weighted by atomic mass is 10.0. The highest BCUT2D eigenvalue weighted by atomic mass is 32.1. The highest BCUT2D eigenvalue weighted by Crippen LogP contribution is 2.26. The van der Waals surface area contributed by atoms with Crippen LogP contribution in [0.5, 0.6) is 0 Å². The maximum absolute atomic E-state index is 12.3. The second kappa shape index (κ2) is 17.5. The number of rotatable bonds is 17. The van der Waals surface area contributed by atoms with Crippen LogP contribution < -0.4 is 9.80 Å². The maximum Gasteiger partial charge on any atom is 0.282 e. The Hall–Kier alpha value is -1.92. The zero-order valence-corrected chi connectivity index (χ0v) is 23.9. The van der Waals surface area contributed by atoms with Crippen LogP contribution in [-0.4, -0.2) is 23.6 Å². The molecule has 0 radical (unpaired) electrons. The zero-order chi connectivity index (χ0) is 26.2. The second-order valence-electron chi connectivity index (χ2n) is 9.45. The van der Waals surface area contributed by atoms with Gasteiger partial charge in [0, 0.05) is 24.5 Å². The van der Waals surface area contributed by atoms with E-state index in [-0.39, 0.29) is 10.5 Å². The predicted octanol–water partition coefficient (Wildman–Crippen LogP) is 9.12. The molecule has 36 heavy (non-hydrogen) atoms. The molecule has 0 N–H and O–H groups in total. The van der Waals surface area contributed by atoms with E-state index in [2.05, 4.69) is 51.2 Å². The minimum Gasteiger partial charge on any atom is -0.303 e. The molecule has 0 aliphatic rings. The number of para-hydroxylation sites is 2. The van der Waals surface area contributed by atoms with Crippen molar-refractivity contribution in [1.82, 2.24) is 0 Å². The minimum atomic E-state index is -0.204. The molecule has 0 bridgehead atoms. The molecule has 0 saturated carbocycles. The number of carbonyl (C=O) groups excluding carboxylic acids is 2. The number of carbonyl (C=O) groups is 2. The molecule has 0 aliphatic heterocycles. The van der Waals surface area contributed by atoms with Crippen LogP contribution in [0.1, 0.15) is 89.2 Å². The molecule has 0 fully saturated rings. The van der Waals surface area contributed by atoms with Gasteiger partial charge in [-0.05, 0) is 61.8 Å². The molecule has 0 heterocycles. The van der Waals surface area contributed by atoms with Gasteiger partial charge in [0.1, 0.15) is 0 Å². The molecular formula is C30H44N2O2S2. The third-order valence-electron chi connectivity index (χ3n) is 6.64. The van der Waals surface area contributed by atoms with Gasteiger partial charge in [-0.15, -0.1) is 0 Å². The Balaban J connectivity index is 1.88. The fourth-order valence-corrected chi connectivity index (χ4v) is 5.05. The van der Waals surface area contributed by atoms with Crippen molar-refractivity contribution in [1.29, 1.82) is 0 Å². The lowest BCUT2D eigenvalue weighted by Crippen LogP contribution is -2.29. The van der Waals surface area contributed by atoms with Crippen LogP contribution in [0.4, 0.5) is 21.0 Å². The molecule has 0 spiro atoms. The van der Waals surface area contributed by atoms with Crippen LogP contribution in [0.2, 0.25) is 0 Å². The van der Waals surface area contributed by atoms with E-state index in [0.717, 1.165) is 62.7 Å². The van der Waals surface area contributed by atoms with Gasteiger partial charge in [-0.1, -0.05) is 114 Å². The Bertz CT molecular complexity index is 859. The first-order valence-corrected chi connectivity index (χ1v) is 14.6. The van der Waals surface area contributed by atoms with Gasteiger partial charge in [0.2, 0.25) is 0 Å². The maximum atomic E-state index is 12.3. The van der Waals surface area contributed by atoms with Crippen molar-refractivity contribution in [2.75, 3.05) is 22.9 Å². The van der Waals surface area contributed by atoms with E-state index in [1.807, 2.05) is 36.4 Å². The smallest absolute Gasteiger partial charge is 0.282 e. The Kier molecular flexibility index (Phi) is 14.7. The Morgan fingerprint density at radius 3 is 1.33 bits per heavy atom. The van der Waals surface area contributed by atoms with Crippen LogP contribution >= 0.6 is 25.3 Å². The first-order chi connectivity index (χ1) is 17.5. The van der Waals surface area contributed by atoms with Gasteiger partial charge in [0.25, 0.3) is 10.5 Å². The van der Waals surface area contributed by atoms with Crippen LogP contribution in [0.25, 0.3) is 0 Å². The van der Waals surface area contributed by atoms with E-state index in [0.29, 0.717) is 13.1 Å². The molecule has 0 unspecified atom stereocenters. The van der Waals surface area contributed by atoms with Gasteiger partial charge < -0.3 is 9.80 Å². The number of aryl methyl sites for hydroxylation is 2. The molecule has 2 rings (SSSR count). The van der Waals surface area contributed by atoms with Crippen molar-refractivity contribution in [2.24, 2.45) is 0 Å². The highest BCUT2D eigenvalue weighted by molar-refractivity contribution is 7.97. The Morgan fingerprint density at radius 2 is 0.972 bits per heavy atom. The summed E-state index contributed by atoms with van der Waals surface area (Å²) in [6, 6.07) is 16.4. The molecule has 2 amide bonds. The normalized spacial score (nSPS) is 10.9. The topological polar surface area (TPSA) is 40.6 Å². The lowest BCUT2D eigenvalue weighted by molar-refractivity contribution is 0.264. The number of nitrogens with zero attached hydrogens (tertiary/aromatic N) is 2. The summed E-state index contributed by atoms with van der Waals surface area (Å²) in [6.45, 7) is 5.71. The zero-order valence-electron chi connectivity index (χ0n) is 22.1. The standard InChI is InChI=1S/C30H44N2O2S2/c1-3-5-9-17-25-19-11-13-21-27(25)31(29(33)35)23-15-7-8-16-24-32(30(34)36)28-22-14-12-20-26(28)18-10-6-4-2/h11-14,19-22H,3-10,15-18,23-24H2,1-2H3,(H,33,35)(H,34,36). The Labute approximate surface area is 229 Å². The minimum absolute atomic E-state index is 0.204. The van der Waals surface area contributed by atoms with Crippen molar-refractivity contribution in [3.8, 4) is 0 Å². The van der Waals surface area contributed by atoms with E-state index in [4.69, 9.17) is 0 Å². The quantitative estimate of drug-likeness (QED) is 0.159. The molecule has 4 nitrogen and oxygen atoms in total. The fourth-order valence-electron chi connectivity index (χ4n) is 4.63. The van der Waals surface area contributed by atoms with E-state index in [1.165, 1.54) is 36.8 Å². The van der Waals surface area contributed by atoms with E-state index in [9.17, 15) is 9.59 Å². The number of benzene rings is 2. The first kappa shape index (κ1) is 30.3. The van der Waals surface area contributed by atoms with Gasteiger partial charge in [0.15, 0.2) is 0 Å². The lowest BCUT2D eigenvalue weighted by Gasteiger charge is -2.24. The average Bonchev–Trinajstić information content (AvgIpc) is 2.87. The number of amides is 2. The van der Waals surface area contributed by atoms with Gasteiger partial charge in [-0.3, -0.25) is 9.59 Å². The summed E-state index contributed by atoms with van der Waals surface area (Å²) in [4.78, 5) is 28.3. The van der Waals surface area contributed by atoms with Crippen molar-refractivity contribution in [3.63, 3.8) is 0 Å². The van der Waals surface area contributed by atoms with E-state index < -0.39 is 0 Å². The summed E-state index contributed by atoms with van der Waals surface area (Å²) in [6.07, 6.45) is 12.7. The third-order valence-corrected chi connectivity index (χ3v) is 7.12. The number of hydrogen-bond donors (Lipinski definition) is 2. The molecule has 0 saturated heterocycles. The number of anilines is 2.